The molecule has 1 aliphatic carbocycles. The van der Waals surface area contributed by atoms with Crippen molar-refractivity contribution in [2.24, 2.45) is 0 Å². The second-order valence-corrected chi connectivity index (χ2v) is 7.40. The number of aromatic amines is 1. The molecule has 1 atom stereocenters. The van der Waals surface area contributed by atoms with E-state index in [4.69, 9.17) is 4.74 Å². The number of benzene rings is 1. The number of likely N-dealkylation sites (tertiary alicyclic amines) is 1. The van der Waals surface area contributed by atoms with E-state index in [1.165, 1.54) is 19.3 Å². The third-order valence-corrected chi connectivity index (χ3v) is 5.72. The van der Waals surface area contributed by atoms with E-state index >= 15 is 0 Å². The van der Waals surface area contributed by atoms with Crippen molar-refractivity contribution in [3.63, 3.8) is 0 Å². The molecule has 0 radical (unpaired) electrons. The first-order valence-corrected chi connectivity index (χ1v) is 9.89. The van der Waals surface area contributed by atoms with Crippen LogP contribution in [-0.2, 0) is 0 Å². The van der Waals surface area contributed by atoms with Crippen molar-refractivity contribution < 1.29 is 9.53 Å². The van der Waals surface area contributed by atoms with Crippen molar-refractivity contribution in [3.05, 3.63) is 35.7 Å². The zero-order valence-electron chi connectivity index (χ0n) is 15.8. The van der Waals surface area contributed by atoms with Gasteiger partial charge in [0, 0.05) is 18.0 Å². The molecule has 1 saturated heterocycles. The Morgan fingerprint density at radius 2 is 2.00 bits per heavy atom. The van der Waals surface area contributed by atoms with Crippen LogP contribution in [0.25, 0.3) is 0 Å². The van der Waals surface area contributed by atoms with Crippen molar-refractivity contribution in [2.75, 3.05) is 19.0 Å². The summed E-state index contributed by atoms with van der Waals surface area (Å²) in [4.78, 5) is 19.2. The summed E-state index contributed by atoms with van der Waals surface area (Å²) in [5.74, 6) is 2.52. The Morgan fingerprint density at radius 3 is 2.81 bits per heavy atom. The van der Waals surface area contributed by atoms with Crippen LogP contribution in [-0.4, -0.2) is 39.8 Å². The number of methoxy groups -OCH3 is 1. The van der Waals surface area contributed by atoms with E-state index in [0.29, 0.717) is 18.4 Å². The summed E-state index contributed by atoms with van der Waals surface area (Å²) >= 11 is 0. The zero-order chi connectivity index (χ0) is 18.6. The van der Waals surface area contributed by atoms with Crippen molar-refractivity contribution in [1.82, 2.24) is 20.1 Å². The Morgan fingerprint density at radius 1 is 1.19 bits per heavy atom. The number of anilines is 1. The van der Waals surface area contributed by atoms with Crippen LogP contribution >= 0.6 is 0 Å². The van der Waals surface area contributed by atoms with Gasteiger partial charge in [0.1, 0.15) is 11.6 Å². The maximum Gasteiger partial charge on any atom is 0.324 e. The van der Waals surface area contributed by atoms with Gasteiger partial charge in [-0.1, -0.05) is 37.5 Å². The van der Waals surface area contributed by atoms with Crippen molar-refractivity contribution >= 4 is 12.0 Å². The highest BCUT2D eigenvalue weighted by Crippen LogP contribution is 2.37. The predicted molar refractivity (Wildman–Crippen MR) is 103 cm³/mol. The Balaban J connectivity index is 1.45. The third kappa shape index (κ3) is 3.77. The normalized spacial score (nSPS) is 20.6. The summed E-state index contributed by atoms with van der Waals surface area (Å²) in [7, 11) is 1.67. The Kier molecular flexibility index (Phi) is 5.27. The van der Waals surface area contributed by atoms with E-state index in [2.05, 4.69) is 20.5 Å². The molecule has 1 aromatic carbocycles. The summed E-state index contributed by atoms with van der Waals surface area (Å²) in [5, 5.41) is 10.1. The van der Waals surface area contributed by atoms with Gasteiger partial charge < -0.3 is 9.64 Å². The summed E-state index contributed by atoms with van der Waals surface area (Å²) in [6.45, 7) is 0.717. The van der Waals surface area contributed by atoms with Crippen molar-refractivity contribution in [2.45, 2.75) is 56.9 Å². The number of carbonyl (C=O) groups is 1. The van der Waals surface area contributed by atoms with E-state index in [1.54, 1.807) is 7.11 Å². The summed E-state index contributed by atoms with van der Waals surface area (Å²) in [5.41, 5.74) is 1.05. The van der Waals surface area contributed by atoms with Crippen molar-refractivity contribution in [3.8, 4) is 5.75 Å². The van der Waals surface area contributed by atoms with Gasteiger partial charge in [-0.25, -0.2) is 4.79 Å². The standard InChI is InChI=1S/C20H27N5O2/c1-27-17-12-6-5-10-15(17)16-11-7-13-25(16)20(26)22-19-21-18(23-24-19)14-8-3-2-4-9-14/h5-6,10,12,14,16H,2-4,7-9,11,13H2,1H3,(H2,21,22,23,24,26)/t16-/m0/s1. The molecule has 144 valence electrons. The second kappa shape index (κ2) is 7.98. The number of aromatic nitrogens is 3. The summed E-state index contributed by atoms with van der Waals surface area (Å²) in [6, 6.07) is 7.76. The minimum atomic E-state index is -0.155. The molecule has 1 saturated carbocycles. The molecule has 0 spiro atoms. The number of urea groups is 1. The number of hydrogen-bond acceptors (Lipinski definition) is 4. The molecule has 2 aromatic rings. The predicted octanol–water partition coefficient (Wildman–Crippen LogP) is 4.23. The lowest BCUT2D eigenvalue weighted by atomic mass is 9.89. The van der Waals surface area contributed by atoms with Crippen molar-refractivity contribution in [1.29, 1.82) is 0 Å². The number of para-hydroxylation sites is 1. The van der Waals surface area contributed by atoms with Crippen LogP contribution in [0.3, 0.4) is 0 Å². The van der Waals surface area contributed by atoms with Gasteiger partial charge in [-0.05, 0) is 31.7 Å². The number of ether oxygens (including phenoxy) is 1. The molecule has 2 amide bonds. The van der Waals surface area contributed by atoms with Gasteiger partial charge in [-0.2, -0.15) is 4.98 Å². The molecule has 27 heavy (non-hydrogen) atoms. The molecule has 2 aliphatic rings. The first kappa shape index (κ1) is 17.8. The fourth-order valence-electron chi connectivity index (χ4n) is 4.33. The second-order valence-electron chi connectivity index (χ2n) is 7.40. The molecule has 2 heterocycles. The number of nitrogens with one attached hydrogen (secondary N) is 2. The average molecular weight is 369 g/mol. The molecule has 0 unspecified atom stereocenters. The van der Waals surface area contributed by atoms with E-state index < -0.39 is 0 Å². The molecular formula is C20H27N5O2. The lowest BCUT2D eigenvalue weighted by molar-refractivity contribution is 0.206. The number of nitrogens with zero attached hydrogens (tertiary/aromatic N) is 3. The SMILES string of the molecule is COc1ccccc1[C@@H]1CCCN1C(=O)Nc1n[nH]c(C2CCCCC2)n1. The van der Waals surface area contributed by atoms with Crippen LogP contribution in [0.15, 0.2) is 24.3 Å². The summed E-state index contributed by atoms with van der Waals surface area (Å²) in [6.07, 6.45) is 7.96. The molecule has 7 heteroatoms. The van der Waals surface area contributed by atoms with Crippen LogP contribution in [0.2, 0.25) is 0 Å². The molecular weight excluding hydrogens is 342 g/mol. The first-order valence-electron chi connectivity index (χ1n) is 9.89. The zero-order valence-corrected chi connectivity index (χ0v) is 15.8. The number of H-pyrrole nitrogens is 1. The number of carbonyl (C=O) groups excluding carboxylic acids is 1. The molecule has 1 aromatic heterocycles. The molecule has 2 N–H and O–H groups in total. The van der Waals surface area contributed by atoms with E-state index in [9.17, 15) is 4.79 Å². The molecule has 4 rings (SSSR count). The van der Waals surface area contributed by atoms with Crippen LogP contribution in [0.4, 0.5) is 10.7 Å². The van der Waals surface area contributed by atoms with Crippen LogP contribution in [0.1, 0.15) is 68.3 Å². The van der Waals surface area contributed by atoms with Crippen LogP contribution in [0, 0.1) is 0 Å². The van der Waals surface area contributed by atoms with E-state index in [-0.39, 0.29) is 12.1 Å². The Bertz CT molecular complexity index is 784. The largest absolute Gasteiger partial charge is 0.496 e. The number of hydrogen-bond donors (Lipinski definition) is 2. The third-order valence-electron chi connectivity index (χ3n) is 5.72. The minimum absolute atomic E-state index is 0.0120. The molecule has 0 bridgehead atoms. The highest BCUT2D eigenvalue weighted by atomic mass is 16.5. The van der Waals surface area contributed by atoms with Gasteiger partial charge in [-0.15, -0.1) is 5.10 Å². The van der Waals surface area contributed by atoms with Gasteiger partial charge in [0.15, 0.2) is 0 Å². The Hall–Kier alpha value is -2.57. The molecule has 7 nitrogen and oxygen atoms in total. The topological polar surface area (TPSA) is 83.1 Å². The first-order chi connectivity index (χ1) is 13.3. The van der Waals surface area contributed by atoms with E-state index in [0.717, 1.165) is 42.8 Å². The maximum absolute atomic E-state index is 12.9. The highest BCUT2D eigenvalue weighted by molar-refractivity contribution is 5.88. The number of amides is 2. The van der Waals surface area contributed by atoms with Gasteiger partial charge in [0.05, 0.1) is 13.2 Å². The number of rotatable bonds is 4. The maximum atomic E-state index is 12.9. The van der Waals surface area contributed by atoms with Gasteiger partial charge in [0.2, 0.25) is 5.95 Å². The van der Waals surface area contributed by atoms with Crippen LogP contribution < -0.4 is 10.1 Å². The monoisotopic (exact) mass is 369 g/mol. The molecule has 2 fully saturated rings. The molecule has 1 aliphatic heterocycles. The van der Waals surface area contributed by atoms with E-state index in [1.807, 2.05) is 29.2 Å². The Labute approximate surface area is 159 Å². The van der Waals surface area contributed by atoms with Gasteiger partial charge in [-0.3, -0.25) is 10.4 Å². The van der Waals surface area contributed by atoms with Gasteiger partial charge in [0.25, 0.3) is 0 Å². The minimum Gasteiger partial charge on any atom is -0.496 e. The average Bonchev–Trinajstić information content (AvgIpc) is 3.38. The summed E-state index contributed by atoms with van der Waals surface area (Å²) < 4.78 is 5.49. The quantitative estimate of drug-likeness (QED) is 0.845. The van der Waals surface area contributed by atoms with Gasteiger partial charge >= 0.3 is 6.03 Å². The fourth-order valence-corrected chi connectivity index (χ4v) is 4.33. The lowest BCUT2D eigenvalue weighted by Gasteiger charge is -2.26. The fraction of sp³-hybridized carbons (Fsp3) is 0.550. The van der Waals surface area contributed by atoms with Crippen LogP contribution in [0.5, 0.6) is 5.75 Å². The lowest BCUT2D eigenvalue weighted by Crippen LogP contribution is -2.34. The highest BCUT2D eigenvalue weighted by Gasteiger charge is 2.32. The smallest absolute Gasteiger partial charge is 0.324 e.